The van der Waals surface area contributed by atoms with Gasteiger partial charge in [-0.1, -0.05) is 42.1 Å². The molecule has 0 unspecified atom stereocenters. The van der Waals surface area contributed by atoms with Crippen molar-refractivity contribution in [2.75, 3.05) is 11.1 Å². The van der Waals surface area contributed by atoms with Crippen molar-refractivity contribution in [2.45, 2.75) is 39.3 Å². The van der Waals surface area contributed by atoms with Crippen molar-refractivity contribution in [1.82, 2.24) is 14.5 Å². The van der Waals surface area contributed by atoms with Gasteiger partial charge in [0.05, 0.1) is 11.3 Å². The lowest BCUT2D eigenvalue weighted by molar-refractivity contribution is -0.113. The van der Waals surface area contributed by atoms with Gasteiger partial charge in [-0.05, 0) is 44.4 Å². The second-order valence-electron chi connectivity index (χ2n) is 7.60. The van der Waals surface area contributed by atoms with E-state index in [2.05, 4.69) is 35.2 Å². The molecular weight excluding hydrogens is 438 g/mol. The Morgan fingerprint density at radius 2 is 1.91 bits per heavy atom. The van der Waals surface area contributed by atoms with E-state index < -0.39 is 0 Å². The third kappa shape index (κ3) is 4.14. The molecule has 1 amide bonds. The van der Waals surface area contributed by atoms with Gasteiger partial charge in [0.1, 0.15) is 28.1 Å². The van der Waals surface area contributed by atoms with Crippen molar-refractivity contribution < 1.29 is 4.79 Å². The summed E-state index contributed by atoms with van der Waals surface area (Å²) in [5.41, 5.74) is 4.61. The van der Waals surface area contributed by atoms with Gasteiger partial charge in [-0.25, -0.2) is 9.97 Å². The van der Waals surface area contributed by atoms with Crippen molar-refractivity contribution in [3.8, 4) is 6.07 Å². The lowest BCUT2D eigenvalue weighted by atomic mass is 10.2. The predicted octanol–water partition coefficient (Wildman–Crippen LogP) is 5.38. The molecule has 0 spiro atoms. The van der Waals surface area contributed by atoms with E-state index in [-0.39, 0.29) is 11.7 Å². The average molecular weight is 462 g/mol. The van der Waals surface area contributed by atoms with Gasteiger partial charge < -0.3 is 9.88 Å². The van der Waals surface area contributed by atoms with E-state index >= 15 is 0 Å². The van der Waals surface area contributed by atoms with Crippen molar-refractivity contribution in [1.29, 1.82) is 5.26 Å². The largest absolute Gasteiger partial charge is 0.326 e. The smallest absolute Gasteiger partial charge is 0.235 e. The molecule has 8 heteroatoms. The highest BCUT2D eigenvalue weighted by Crippen LogP contribution is 2.34. The topological polar surface area (TPSA) is 83.6 Å². The van der Waals surface area contributed by atoms with Crippen LogP contribution in [0.5, 0.6) is 0 Å². The van der Waals surface area contributed by atoms with Gasteiger partial charge in [-0.3, -0.25) is 4.79 Å². The number of carbonyl (C=O) groups excluding carboxylic acids is 1. The number of thiophene rings is 1. The number of thioether (sulfide) groups is 1. The monoisotopic (exact) mass is 461 g/mol. The first-order valence-corrected chi connectivity index (χ1v) is 12.0. The molecule has 1 aromatic carbocycles. The molecule has 4 rings (SSSR count). The van der Waals surface area contributed by atoms with Crippen molar-refractivity contribution >= 4 is 45.0 Å². The molecule has 32 heavy (non-hydrogen) atoms. The highest BCUT2D eigenvalue weighted by Gasteiger charge is 2.20. The van der Waals surface area contributed by atoms with Crippen LogP contribution in [0, 0.1) is 39.0 Å². The molecule has 0 fully saturated rings. The van der Waals surface area contributed by atoms with Crippen LogP contribution < -0.4 is 5.32 Å². The number of benzene rings is 1. The summed E-state index contributed by atoms with van der Waals surface area (Å²) in [5.74, 6) is 0.571. The molecule has 3 aromatic heterocycles. The van der Waals surface area contributed by atoms with Gasteiger partial charge in [0.15, 0.2) is 0 Å². The molecule has 0 saturated heterocycles. The summed E-state index contributed by atoms with van der Waals surface area (Å²) in [4.78, 5) is 23.8. The van der Waals surface area contributed by atoms with Crippen LogP contribution in [-0.2, 0) is 11.3 Å². The number of nitriles is 1. The predicted molar refractivity (Wildman–Crippen MR) is 130 cm³/mol. The summed E-state index contributed by atoms with van der Waals surface area (Å²) in [5, 5.41) is 14.6. The van der Waals surface area contributed by atoms with Crippen LogP contribution >= 0.6 is 23.1 Å². The van der Waals surface area contributed by atoms with Crippen LogP contribution in [-0.4, -0.2) is 26.2 Å². The normalized spacial score (nSPS) is 11.0. The molecule has 4 aromatic rings. The maximum atomic E-state index is 12.9. The van der Waals surface area contributed by atoms with Gasteiger partial charge in [0.25, 0.3) is 0 Å². The summed E-state index contributed by atoms with van der Waals surface area (Å²) in [6.45, 7) is 8.60. The third-order valence-electron chi connectivity index (χ3n) is 5.65. The van der Waals surface area contributed by atoms with E-state index in [0.717, 1.165) is 37.6 Å². The summed E-state index contributed by atoms with van der Waals surface area (Å²) >= 11 is 3.03. The molecule has 3 heterocycles. The molecule has 162 valence electrons. The Labute approximate surface area is 195 Å². The number of carbonyl (C=O) groups is 1. The second-order valence-corrected chi connectivity index (χ2v) is 9.76. The van der Waals surface area contributed by atoms with E-state index in [0.29, 0.717) is 17.9 Å². The third-order valence-corrected chi connectivity index (χ3v) is 7.76. The zero-order valence-corrected chi connectivity index (χ0v) is 20.0. The molecule has 0 aliphatic rings. The number of hydrogen-bond acceptors (Lipinski definition) is 6. The number of anilines is 1. The van der Waals surface area contributed by atoms with Gasteiger partial charge >= 0.3 is 0 Å². The number of nitrogens with zero attached hydrogens (tertiary/aromatic N) is 4. The van der Waals surface area contributed by atoms with Crippen LogP contribution in [0.1, 0.15) is 32.8 Å². The molecule has 6 nitrogen and oxygen atoms in total. The first-order chi connectivity index (χ1) is 15.4. The van der Waals surface area contributed by atoms with E-state index in [1.165, 1.54) is 16.6 Å². The number of fused-ring (bicyclic) bond motifs is 1. The van der Waals surface area contributed by atoms with E-state index in [9.17, 15) is 10.1 Å². The van der Waals surface area contributed by atoms with E-state index in [4.69, 9.17) is 0 Å². The zero-order valence-electron chi connectivity index (χ0n) is 18.4. The Hall–Kier alpha value is -3.15. The Bertz CT molecular complexity index is 1350. The Morgan fingerprint density at radius 3 is 2.62 bits per heavy atom. The summed E-state index contributed by atoms with van der Waals surface area (Å²) in [6.07, 6.45) is 1.55. The number of aryl methyl sites for hydroxylation is 2. The van der Waals surface area contributed by atoms with Crippen molar-refractivity contribution in [2.24, 2.45) is 0 Å². The molecule has 0 radical (unpaired) electrons. The minimum absolute atomic E-state index is 0.172. The second kappa shape index (κ2) is 9.15. The lowest BCUT2D eigenvalue weighted by Gasteiger charge is -2.13. The Morgan fingerprint density at radius 1 is 1.16 bits per heavy atom. The minimum Gasteiger partial charge on any atom is -0.326 e. The number of hydrogen-bond donors (Lipinski definition) is 1. The fraction of sp³-hybridized carbons (Fsp3) is 0.250. The standard InChI is InChI=1S/C24H23N5OS2/c1-14-16(3)29(11-18-8-6-5-7-9-18)22(19(14)10-25)28-20(30)12-31-23-21-15(2)17(4)32-24(21)27-13-26-23/h5-9,13H,11-12H2,1-4H3,(H,28,30). The van der Waals surface area contributed by atoms with Crippen LogP contribution in [0.3, 0.4) is 0 Å². The lowest BCUT2D eigenvalue weighted by Crippen LogP contribution is -2.18. The fourth-order valence-corrected chi connectivity index (χ4v) is 5.57. The summed E-state index contributed by atoms with van der Waals surface area (Å²) < 4.78 is 2.00. The Balaban J connectivity index is 1.57. The average Bonchev–Trinajstić information content (AvgIpc) is 3.20. The van der Waals surface area contributed by atoms with E-state index in [1.807, 2.05) is 48.7 Å². The molecule has 0 saturated carbocycles. The van der Waals surface area contributed by atoms with Gasteiger partial charge in [-0.2, -0.15) is 5.26 Å². The maximum Gasteiger partial charge on any atom is 0.235 e. The first kappa shape index (κ1) is 22.1. The maximum absolute atomic E-state index is 12.9. The van der Waals surface area contributed by atoms with Crippen molar-refractivity contribution in [3.63, 3.8) is 0 Å². The highest BCUT2D eigenvalue weighted by atomic mass is 32.2. The van der Waals surface area contributed by atoms with Gasteiger partial charge in [-0.15, -0.1) is 11.3 Å². The first-order valence-electron chi connectivity index (χ1n) is 10.2. The minimum atomic E-state index is -0.172. The molecule has 0 aliphatic heterocycles. The van der Waals surface area contributed by atoms with Crippen LogP contribution in [0.4, 0.5) is 5.82 Å². The summed E-state index contributed by atoms with van der Waals surface area (Å²) in [6, 6.07) is 12.3. The zero-order chi connectivity index (χ0) is 22.8. The number of nitrogens with one attached hydrogen (secondary N) is 1. The molecule has 1 N–H and O–H groups in total. The van der Waals surface area contributed by atoms with E-state index in [1.54, 1.807) is 17.7 Å². The SMILES string of the molecule is Cc1sc2ncnc(SCC(=O)Nc3c(C#N)c(C)c(C)n3Cc3ccccc3)c2c1C. The number of amides is 1. The van der Waals surface area contributed by atoms with Crippen LogP contribution in [0.25, 0.3) is 10.2 Å². The fourth-order valence-electron chi connectivity index (χ4n) is 3.66. The van der Waals surface area contributed by atoms with Gasteiger partial charge in [0.2, 0.25) is 5.91 Å². The van der Waals surface area contributed by atoms with Crippen LogP contribution in [0.15, 0.2) is 41.7 Å². The van der Waals surface area contributed by atoms with Gasteiger partial charge in [0, 0.05) is 22.5 Å². The van der Waals surface area contributed by atoms with Crippen molar-refractivity contribution in [3.05, 3.63) is 69.5 Å². The molecule has 0 bridgehead atoms. The quantitative estimate of drug-likeness (QED) is 0.308. The number of rotatable bonds is 6. The molecule has 0 aliphatic carbocycles. The molecule has 0 atom stereocenters. The summed E-state index contributed by atoms with van der Waals surface area (Å²) in [7, 11) is 0. The Kier molecular flexibility index (Phi) is 6.31. The van der Waals surface area contributed by atoms with Crippen LogP contribution in [0.2, 0.25) is 0 Å². The molecular formula is C24H23N5OS2. The number of aromatic nitrogens is 3. The highest BCUT2D eigenvalue weighted by molar-refractivity contribution is 8.00.